The van der Waals surface area contributed by atoms with E-state index >= 15 is 0 Å². The molecule has 0 aromatic heterocycles. The minimum atomic E-state index is -0.196. The van der Waals surface area contributed by atoms with Crippen LogP contribution in [0.15, 0.2) is 30.3 Å². The monoisotopic (exact) mass is 317 g/mol. The molecule has 1 aromatic rings. The number of esters is 1. The van der Waals surface area contributed by atoms with E-state index in [2.05, 4.69) is 11.8 Å². The molecule has 0 spiro atoms. The van der Waals surface area contributed by atoms with Crippen molar-refractivity contribution >= 4 is 5.97 Å². The Morgan fingerprint density at radius 1 is 1.26 bits per heavy atom. The van der Waals surface area contributed by atoms with Gasteiger partial charge in [-0.25, -0.2) is 4.79 Å². The highest BCUT2D eigenvalue weighted by atomic mass is 16.5. The lowest BCUT2D eigenvalue weighted by atomic mass is 9.93. The van der Waals surface area contributed by atoms with Crippen molar-refractivity contribution in [1.82, 2.24) is 4.90 Å². The number of nitrogens with zero attached hydrogens (tertiary/aromatic N) is 1. The van der Waals surface area contributed by atoms with Crippen molar-refractivity contribution in [3.8, 4) is 0 Å². The van der Waals surface area contributed by atoms with Crippen LogP contribution in [0.5, 0.6) is 0 Å². The van der Waals surface area contributed by atoms with E-state index in [0.717, 1.165) is 13.0 Å². The molecule has 0 bridgehead atoms. The summed E-state index contributed by atoms with van der Waals surface area (Å²) in [6.45, 7) is 7.75. The van der Waals surface area contributed by atoms with Crippen LogP contribution in [0.3, 0.4) is 0 Å². The number of carbonyl (C=O) groups excluding carboxylic acids is 1. The van der Waals surface area contributed by atoms with Gasteiger partial charge in [-0.05, 0) is 51.4 Å². The van der Waals surface area contributed by atoms with E-state index in [1.165, 1.54) is 45.2 Å². The number of carbonyl (C=O) groups is 1. The predicted molar refractivity (Wildman–Crippen MR) is 94.6 cm³/mol. The second-order valence-corrected chi connectivity index (χ2v) is 6.74. The SMILES string of the molecule is CCCCCCN1CCCC(C(C)OC(=O)c2ccccc2)C1. The fourth-order valence-electron chi connectivity index (χ4n) is 3.35. The Labute approximate surface area is 141 Å². The van der Waals surface area contributed by atoms with Gasteiger partial charge in [0, 0.05) is 12.5 Å². The molecule has 1 aliphatic heterocycles. The van der Waals surface area contributed by atoms with Gasteiger partial charge in [-0.2, -0.15) is 0 Å². The van der Waals surface area contributed by atoms with Gasteiger partial charge in [-0.3, -0.25) is 0 Å². The zero-order chi connectivity index (χ0) is 16.5. The first kappa shape index (κ1) is 18.0. The molecular weight excluding hydrogens is 286 g/mol. The second-order valence-electron chi connectivity index (χ2n) is 6.74. The van der Waals surface area contributed by atoms with Gasteiger partial charge in [0.1, 0.15) is 6.10 Å². The average Bonchev–Trinajstić information content (AvgIpc) is 2.60. The van der Waals surface area contributed by atoms with Gasteiger partial charge in [0.25, 0.3) is 0 Å². The number of unbranched alkanes of at least 4 members (excludes halogenated alkanes) is 3. The summed E-state index contributed by atoms with van der Waals surface area (Å²) in [5.41, 5.74) is 0.645. The molecule has 0 saturated carbocycles. The summed E-state index contributed by atoms with van der Waals surface area (Å²) in [6, 6.07) is 9.30. The molecule has 1 heterocycles. The Kier molecular flexibility index (Phi) is 7.60. The number of ether oxygens (including phenoxy) is 1. The molecule has 3 heteroatoms. The highest BCUT2D eigenvalue weighted by Gasteiger charge is 2.27. The second kappa shape index (κ2) is 9.71. The summed E-state index contributed by atoms with van der Waals surface area (Å²) in [5, 5.41) is 0. The highest BCUT2D eigenvalue weighted by molar-refractivity contribution is 5.89. The van der Waals surface area contributed by atoms with Gasteiger partial charge in [-0.1, -0.05) is 44.4 Å². The minimum Gasteiger partial charge on any atom is -0.459 e. The molecule has 1 aromatic carbocycles. The van der Waals surface area contributed by atoms with Gasteiger partial charge in [-0.15, -0.1) is 0 Å². The molecule has 128 valence electrons. The van der Waals surface area contributed by atoms with Crippen molar-refractivity contribution in [2.45, 2.75) is 58.5 Å². The lowest BCUT2D eigenvalue weighted by Crippen LogP contribution is -2.41. The number of benzene rings is 1. The van der Waals surface area contributed by atoms with Crippen molar-refractivity contribution in [3.63, 3.8) is 0 Å². The molecule has 3 nitrogen and oxygen atoms in total. The van der Waals surface area contributed by atoms with E-state index in [9.17, 15) is 4.79 Å². The molecule has 2 rings (SSSR count). The summed E-state index contributed by atoms with van der Waals surface area (Å²) >= 11 is 0. The molecular formula is C20H31NO2. The maximum Gasteiger partial charge on any atom is 0.338 e. The number of likely N-dealkylation sites (tertiary alicyclic amines) is 1. The van der Waals surface area contributed by atoms with Crippen molar-refractivity contribution in [3.05, 3.63) is 35.9 Å². The Morgan fingerprint density at radius 2 is 2.04 bits per heavy atom. The standard InChI is InChI=1S/C20H31NO2/c1-3-4-5-9-14-21-15-10-13-19(16-21)17(2)23-20(22)18-11-7-6-8-12-18/h6-8,11-12,17,19H,3-5,9-10,13-16H2,1-2H3. The third-order valence-corrected chi connectivity index (χ3v) is 4.84. The maximum absolute atomic E-state index is 12.2. The predicted octanol–water partition coefficient (Wildman–Crippen LogP) is 4.52. The van der Waals surface area contributed by atoms with Crippen LogP contribution in [0.2, 0.25) is 0 Å². The van der Waals surface area contributed by atoms with Crippen molar-refractivity contribution < 1.29 is 9.53 Å². The fourth-order valence-corrected chi connectivity index (χ4v) is 3.35. The number of piperidine rings is 1. The first-order valence-electron chi connectivity index (χ1n) is 9.19. The quantitative estimate of drug-likeness (QED) is 0.521. The van der Waals surface area contributed by atoms with Gasteiger partial charge < -0.3 is 9.64 Å². The first-order chi connectivity index (χ1) is 11.2. The van der Waals surface area contributed by atoms with Crippen molar-refractivity contribution in [2.24, 2.45) is 5.92 Å². The third kappa shape index (κ3) is 5.98. The summed E-state index contributed by atoms with van der Waals surface area (Å²) in [7, 11) is 0. The van der Waals surface area contributed by atoms with E-state index in [-0.39, 0.29) is 12.1 Å². The number of hydrogen-bond donors (Lipinski definition) is 0. The van der Waals surface area contributed by atoms with Crippen molar-refractivity contribution in [2.75, 3.05) is 19.6 Å². The summed E-state index contributed by atoms with van der Waals surface area (Å²) in [4.78, 5) is 14.7. The Morgan fingerprint density at radius 3 is 2.78 bits per heavy atom. The average molecular weight is 317 g/mol. The molecule has 1 fully saturated rings. The van der Waals surface area contributed by atoms with Gasteiger partial charge in [0.05, 0.1) is 5.56 Å². The molecule has 0 radical (unpaired) electrons. The van der Waals surface area contributed by atoms with Gasteiger partial charge in [0.2, 0.25) is 0 Å². The fraction of sp³-hybridized carbons (Fsp3) is 0.650. The topological polar surface area (TPSA) is 29.5 Å². The lowest BCUT2D eigenvalue weighted by molar-refractivity contribution is 0.00522. The molecule has 2 atom stereocenters. The van der Waals surface area contributed by atoms with Crippen LogP contribution in [-0.2, 0) is 4.74 Å². The third-order valence-electron chi connectivity index (χ3n) is 4.84. The first-order valence-corrected chi connectivity index (χ1v) is 9.19. The van der Waals surface area contributed by atoms with E-state index < -0.39 is 0 Å². The number of hydrogen-bond acceptors (Lipinski definition) is 3. The largest absolute Gasteiger partial charge is 0.459 e. The van der Waals surface area contributed by atoms with Crippen molar-refractivity contribution in [1.29, 1.82) is 0 Å². The van der Waals surface area contributed by atoms with Crippen LogP contribution in [-0.4, -0.2) is 36.6 Å². The summed E-state index contributed by atoms with van der Waals surface area (Å²) < 4.78 is 5.70. The summed E-state index contributed by atoms with van der Waals surface area (Å²) in [6.07, 6.45) is 7.61. The summed E-state index contributed by atoms with van der Waals surface area (Å²) in [5.74, 6) is 0.265. The zero-order valence-corrected chi connectivity index (χ0v) is 14.7. The number of rotatable bonds is 8. The van der Waals surface area contributed by atoms with E-state index in [4.69, 9.17) is 4.74 Å². The van der Waals surface area contributed by atoms with E-state index in [0.29, 0.717) is 11.5 Å². The van der Waals surface area contributed by atoms with Crippen LogP contribution in [0.1, 0.15) is 62.7 Å². The van der Waals surface area contributed by atoms with Gasteiger partial charge >= 0.3 is 5.97 Å². The molecule has 23 heavy (non-hydrogen) atoms. The molecule has 0 N–H and O–H groups in total. The van der Waals surface area contributed by atoms with Crippen LogP contribution >= 0.6 is 0 Å². The molecule has 2 unspecified atom stereocenters. The van der Waals surface area contributed by atoms with Crippen LogP contribution in [0.4, 0.5) is 0 Å². The van der Waals surface area contributed by atoms with Crippen LogP contribution in [0, 0.1) is 5.92 Å². The maximum atomic E-state index is 12.2. The zero-order valence-electron chi connectivity index (χ0n) is 14.7. The van der Waals surface area contributed by atoms with Crippen LogP contribution in [0.25, 0.3) is 0 Å². The van der Waals surface area contributed by atoms with Gasteiger partial charge in [0.15, 0.2) is 0 Å². The Hall–Kier alpha value is -1.35. The molecule has 0 amide bonds. The minimum absolute atomic E-state index is 0.0128. The lowest BCUT2D eigenvalue weighted by Gasteiger charge is -2.35. The normalized spacial score (nSPS) is 20.2. The Bertz CT molecular complexity index is 460. The van der Waals surface area contributed by atoms with E-state index in [1.54, 1.807) is 0 Å². The Balaban J connectivity index is 1.77. The smallest absolute Gasteiger partial charge is 0.338 e. The molecule has 1 aliphatic rings. The molecule has 0 aliphatic carbocycles. The molecule has 1 saturated heterocycles. The van der Waals surface area contributed by atoms with Crippen LogP contribution < -0.4 is 0 Å². The van der Waals surface area contributed by atoms with E-state index in [1.807, 2.05) is 37.3 Å². The highest BCUT2D eigenvalue weighted by Crippen LogP contribution is 2.23.